The molecule has 0 saturated carbocycles. The molecule has 1 amide bonds. The number of carbonyl (C=O) groups excluding carboxylic acids is 1. The van der Waals surface area contributed by atoms with Crippen LogP contribution in [-0.2, 0) is 11.2 Å². The number of carbonyl (C=O) groups is 1. The Hall–Kier alpha value is -0.870. The van der Waals surface area contributed by atoms with Crippen molar-refractivity contribution in [2.45, 2.75) is 38.7 Å². The highest BCUT2D eigenvalue weighted by atomic mass is 79.9. The first-order valence-corrected chi connectivity index (χ1v) is 8.09. The molecule has 2 rings (SSSR count). The lowest BCUT2D eigenvalue weighted by molar-refractivity contribution is -0.132. The van der Waals surface area contributed by atoms with Gasteiger partial charge in [0.05, 0.1) is 12.5 Å². The van der Waals surface area contributed by atoms with Crippen LogP contribution in [0.1, 0.15) is 31.7 Å². The van der Waals surface area contributed by atoms with Crippen LogP contribution in [0.2, 0.25) is 0 Å². The van der Waals surface area contributed by atoms with Gasteiger partial charge in [-0.3, -0.25) is 4.79 Å². The quantitative estimate of drug-likeness (QED) is 0.915. The number of nitrogens with zero attached hydrogens (tertiary/aromatic N) is 1. The fourth-order valence-electron chi connectivity index (χ4n) is 2.76. The van der Waals surface area contributed by atoms with Crippen LogP contribution in [0.3, 0.4) is 0 Å². The van der Waals surface area contributed by atoms with Crippen molar-refractivity contribution in [2.24, 2.45) is 5.92 Å². The Morgan fingerprint density at radius 2 is 1.95 bits per heavy atom. The van der Waals surface area contributed by atoms with Gasteiger partial charge in [-0.2, -0.15) is 0 Å². The standard InChI is InChI=1S/C16H22BrNO2/c1-2-15(19)13-7-9-18(10-8-13)16(20)11-12-3-5-14(17)6-4-12/h3-6,13,15,19H,2,7-11H2,1H3. The van der Waals surface area contributed by atoms with Gasteiger partial charge in [-0.05, 0) is 42.9 Å². The molecule has 0 spiro atoms. The summed E-state index contributed by atoms with van der Waals surface area (Å²) >= 11 is 3.40. The van der Waals surface area contributed by atoms with Gasteiger partial charge in [0.15, 0.2) is 0 Å². The third-order valence-corrected chi connectivity index (χ3v) is 4.65. The number of piperidine rings is 1. The zero-order valence-electron chi connectivity index (χ0n) is 11.9. The molecule has 1 aliphatic rings. The van der Waals surface area contributed by atoms with E-state index in [9.17, 15) is 9.90 Å². The lowest BCUT2D eigenvalue weighted by Crippen LogP contribution is -2.41. The van der Waals surface area contributed by atoms with Crippen molar-refractivity contribution in [3.63, 3.8) is 0 Å². The number of hydrogen-bond donors (Lipinski definition) is 1. The average Bonchev–Trinajstić information content (AvgIpc) is 2.49. The van der Waals surface area contributed by atoms with Gasteiger partial charge in [0.25, 0.3) is 0 Å². The van der Waals surface area contributed by atoms with E-state index in [1.165, 1.54) is 0 Å². The highest BCUT2D eigenvalue weighted by Gasteiger charge is 2.26. The summed E-state index contributed by atoms with van der Waals surface area (Å²) in [5.74, 6) is 0.550. The number of hydrogen-bond acceptors (Lipinski definition) is 2. The van der Waals surface area contributed by atoms with Crippen LogP contribution < -0.4 is 0 Å². The molecular formula is C16H22BrNO2. The second kappa shape index (κ2) is 7.23. The van der Waals surface area contributed by atoms with Crippen molar-refractivity contribution < 1.29 is 9.90 Å². The van der Waals surface area contributed by atoms with Gasteiger partial charge >= 0.3 is 0 Å². The molecular weight excluding hydrogens is 318 g/mol. The maximum absolute atomic E-state index is 12.3. The predicted octanol–water partition coefficient (Wildman–Crippen LogP) is 3.00. The zero-order valence-corrected chi connectivity index (χ0v) is 13.5. The molecule has 0 aliphatic carbocycles. The summed E-state index contributed by atoms with van der Waals surface area (Å²) in [5, 5.41) is 9.86. The molecule has 3 nitrogen and oxygen atoms in total. The van der Waals surface area contributed by atoms with Crippen molar-refractivity contribution in [1.29, 1.82) is 0 Å². The van der Waals surface area contributed by atoms with Gasteiger partial charge in [0, 0.05) is 17.6 Å². The van der Waals surface area contributed by atoms with E-state index in [4.69, 9.17) is 0 Å². The Bertz CT molecular complexity index is 438. The number of amides is 1. The van der Waals surface area contributed by atoms with Crippen LogP contribution in [0, 0.1) is 5.92 Å². The minimum atomic E-state index is -0.210. The number of aliphatic hydroxyl groups is 1. The minimum Gasteiger partial charge on any atom is -0.393 e. The van der Waals surface area contributed by atoms with E-state index < -0.39 is 0 Å². The number of benzene rings is 1. The molecule has 20 heavy (non-hydrogen) atoms. The van der Waals surface area contributed by atoms with Crippen LogP contribution in [0.5, 0.6) is 0 Å². The molecule has 4 heteroatoms. The van der Waals surface area contributed by atoms with Crippen molar-refractivity contribution >= 4 is 21.8 Å². The van der Waals surface area contributed by atoms with Crippen LogP contribution in [0.25, 0.3) is 0 Å². The van der Waals surface area contributed by atoms with Gasteiger partial charge in [-0.1, -0.05) is 35.0 Å². The monoisotopic (exact) mass is 339 g/mol. The van der Waals surface area contributed by atoms with E-state index in [1.807, 2.05) is 36.1 Å². The number of rotatable bonds is 4. The van der Waals surface area contributed by atoms with E-state index in [0.29, 0.717) is 12.3 Å². The van der Waals surface area contributed by atoms with Crippen LogP contribution in [-0.4, -0.2) is 35.1 Å². The van der Waals surface area contributed by atoms with Gasteiger partial charge in [0.2, 0.25) is 5.91 Å². The minimum absolute atomic E-state index is 0.191. The molecule has 110 valence electrons. The summed E-state index contributed by atoms with van der Waals surface area (Å²) < 4.78 is 1.03. The molecule has 1 unspecified atom stereocenters. The Labute approximate surface area is 129 Å². The lowest BCUT2D eigenvalue weighted by Gasteiger charge is -2.34. The van der Waals surface area contributed by atoms with E-state index in [2.05, 4.69) is 15.9 Å². The van der Waals surface area contributed by atoms with Gasteiger partial charge in [-0.25, -0.2) is 0 Å². The summed E-state index contributed by atoms with van der Waals surface area (Å²) in [4.78, 5) is 14.2. The Morgan fingerprint density at radius 1 is 1.35 bits per heavy atom. The van der Waals surface area contributed by atoms with Crippen molar-refractivity contribution in [1.82, 2.24) is 4.90 Å². The average molecular weight is 340 g/mol. The Balaban J connectivity index is 1.84. The summed E-state index contributed by atoms with van der Waals surface area (Å²) in [7, 11) is 0. The number of aliphatic hydroxyl groups excluding tert-OH is 1. The predicted molar refractivity (Wildman–Crippen MR) is 83.4 cm³/mol. The normalized spacial score (nSPS) is 18.1. The van der Waals surface area contributed by atoms with E-state index in [1.54, 1.807) is 0 Å². The van der Waals surface area contributed by atoms with Crippen molar-refractivity contribution in [3.8, 4) is 0 Å². The fraction of sp³-hybridized carbons (Fsp3) is 0.562. The fourth-order valence-corrected chi connectivity index (χ4v) is 3.02. The smallest absolute Gasteiger partial charge is 0.226 e. The Morgan fingerprint density at radius 3 is 2.50 bits per heavy atom. The van der Waals surface area contributed by atoms with E-state index in [0.717, 1.165) is 42.4 Å². The molecule has 0 bridgehead atoms. The van der Waals surface area contributed by atoms with Crippen molar-refractivity contribution in [2.75, 3.05) is 13.1 Å². The second-order valence-electron chi connectivity index (χ2n) is 5.50. The van der Waals surface area contributed by atoms with Gasteiger partial charge in [-0.15, -0.1) is 0 Å². The molecule has 1 aliphatic heterocycles. The third-order valence-electron chi connectivity index (χ3n) is 4.12. The summed E-state index contributed by atoms with van der Waals surface area (Å²) in [6, 6.07) is 7.89. The molecule has 0 aromatic heterocycles. The SMILES string of the molecule is CCC(O)C1CCN(C(=O)Cc2ccc(Br)cc2)CC1. The van der Waals surface area contributed by atoms with Gasteiger partial charge in [0.1, 0.15) is 0 Å². The lowest BCUT2D eigenvalue weighted by atomic mass is 9.90. The molecule has 1 aromatic rings. The van der Waals surface area contributed by atoms with E-state index in [-0.39, 0.29) is 12.0 Å². The molecule has 1 aromatic carbocycles. The molecule has 1 heterocycles. The molecule has 1 saturated heterocycles. The zero-order chi connectivity index (χ0) is 14.5. The third kappa shape index (κ3) is 4.06. The van der Waals surface area contributed by atoms with Gasteiger partial charge < -0.3 is 10.0 Å². The highest BCUT2D eigenvalue weighted by molar-refractivity contribution is 9.10. The largest absolute Gasteiger partial charge is 0.393 e. The molecule has 1 atom stereocenters. The summed E-state index contributed by atoms with van der Waals surface area (Å²) in [6.45, 7) is 3.56. The summed E-state index contributed by atoms with van der Waals surface area (Å²) in [5.41, 5.74) is 1.05. The molecule has 0 radical (unpaired) electrons. The second-order valence-corrected chi connectivity index (χ2v) is 6.41. The van der Waals surface area contributed by atoms with Crippen LogP contribution in [0.4, 0.5) is 0 Å². The maximum atomic E-state index is 12.3. The molecule has 1 fully saturated rings. The van der Waals surface area contributed by atoms with E-state index >= 15 is 0 Å². The number of likely N-dealkylation sites (tertiary alicyclic amines) is 1. The topological polar surface area (TPSA) is 40.5 Å². The first kappa shape index (κ1) is 15.5. The summed E-state index contributed by atoms with van der Waals surface area (Å²) in [6.07, 6.45) is 2.90. The van der Waals surface area contributed by atoms with Crippen LogP contribution in [0.15, 0.2) is 28.7 Å². The highest BCUT2D eigenvalue weighted by Crippen LogP contribution is 2.23. The number of halogens is 1. The Kier molecular flexibility index (Phi) is 5.61. The first-order valence-electron chi connectivity index (χ1n) is 7.30. The van der Waals surface area contributed by atoms with Crippen molar-refractivity contribution in [3.05, 3.63) is 34.3 Å². The maximum Gasteiger partial charge on any atom is 0.226 e. The molecule has 1 N–H and O–H groups in total. The first-order chi connectivity index (χ1) is 9.60. The van der Waals surface area contributed by atoms with Crippen LogP contribution >= 0.6 is 15.9 Å².